The molecule has 0 saturated carbocycles. The van der Waals surface area contributed by atoms with Crippen molar-refractivity contribution in [2.45, 2.75) is 18.2 Å². The summed E-state index contributed by atoms with van der Waals surface area (Å²) in [6.07, 6.45) is -4.66. The second-order valence-corrected chi connectivity index (χ2v) is 4.69. The van der Waals surface area contributed by atoms with E-state index in [0.717, 1.165) is 12.1 Å². The Morgan fingerprint density at radius 3 is 2.63 bits per heavy atom. The number of amides is 1. The number of alkyl halides is 4. The van der Waals surface area contributed by atoms with Gasteiger partial charge in [-0.2, -0.15) is 0 Å². The molecule has 1 unspecified atom stereocenters. The summed E-state index contributed by atoms with van der Waals surface area (Å²) < 4.78 is 40.2. The maximum absolute atomic E-state index is 12.1. The molecule has 0 aromatic heterocycles. The van der Waals surface area contributed by atoms with Crippen LogP contribution >= 0.6 is 11.6 Å². The number of carbonyl (C=O) groups excluding carboxylic acids is 1. The van der Waals surface area contributed by atoms with Gasteiger partial charge in [-0.1, -0.05) is 0 Å². The number of anilines is 2. The number of nitrogens with zero attached hydrogens (tertiary/aromatic N) is 1. The van der Waals surface area contributed by atoms with Crippen molar-refractivity contribution in [2.24, 2.45) is 0 Å². The number of ether oxygens (including phenoxy) is 1. The zero-order chi connectivity index (χ0) is 14.2. The summed E-state index contributed by atoms with van der Waals surface area (Å²) in [6, 6.07) is 3.42. The number of rotatable bonds is 2. The van der Waals surface area contributed by atoms with Gasteiger partial charge >= 0.3 is 6.36 Å². The van der Waals surface area contributed by atoms with Gasteiger partial charge in [0, 0.05) is 19.0 Å². The van der Waals surface area contributed by atoms with E-state index in [4.69, 9.17) is 17.3 Å². The number of nitrogens with two attached hydrogens (primary N) is 1. The maximum Gasteiger partial charge on any atom is 0.573 e. The van der Waals surface area contributed by atoms with E-state index >= 15 is 0 Å². The van der Waals surface area contributed by atoms with Gasteiger partial charge < -0.3 is 15.4 Å². The molecule has 2 N–H and O–H groups in total. The zero-order valence-electron chi connectivity index (χ0n) is 9.58. The molecular weight excluding hydrogens is 285 g/mol. The van der Waals surface area contributed by atoms with Gasteiger partial charge in [0.15, 0.2) is 0 Å². The molecule has 8 heteroatoms. The lowest BCUT2D eigenvalue weighted by molar-refractivity contribution is -0.274. The van der Waals surface area contributed by atoms with Gasteiger partial charge in [0.1, 0.15) is 5.75 Å². The molecule has 0 bridgehead atoms. The van der Waals surface area contributed by atoms with Crippen molar-refractivity contribution in [2.75, 3.05) is 17.2 Å². The highest BCUT2D eigenvalue weighted by molar-refractivity contribution is 6.24. The Balaban J connectivity index is 2.30. The van der Waals surface area contributed by atoms with E-state index in [-0.39, 0.29) is 35.6 Å². The molecular formula is C11H10ClF3N2O2. The second kappa shape index (κ2) is 4.80. The first-order valence-electron chi connectivity index (χ1n) is 5.36. The molecule has 1 aliphatic rings. The second-order valence-electron chi connectivity index (χ2n) is 4.07. The maximum atomic E-state index is 12.1. The van der Waals surface area contributed by atoms with E-state index in [1.165, 1.54) is 11.0 Å². The van der Waals surface area contributed by atoms with E-state index in [2.05, 4.69) is 4.74 Å². The summed E-state index contributed by atoms with van der Waals surface area (Å²) in [5.41, 5.74) is 6.03. The molecule has 1 aliphatic heterocycles. The van der Waals surface area contributed by atoms with Crippen LogP contribution in [-0.4, -0.2) is 24.2 Å². The molecule has 19 heavy (non-hydrogen) atoms. The van der Waals surface area contributed by atoms with Crippen LogP contribution in [0.5, 0.6) is 5.75 Å². The third-order valence-corrected chi connectivity index (χ3v) is 2.90. The average Bonchev–Trinajstić information content (AvgIpc) is 2.58. The number of nitrogen functional groups attached to an aromatic ring is 1. The first-order chi connectivity index (χ1) is 8.76. The van der Waals surface area contributed by atoms with Gasteiger partial charge in [-0.25, -0.2) is 0 Å². The van der Waals surface area contributed by atoms with Crippen molar-refractivity contribution in [1.29, 1.82) is 0 Å². The molecule has 0 radical (unpaired) electrons. The van der Waals surface area contributed by atoms with Crippen LogP contribution in [-0.2, 0) is 4.79 Å². The standard InChI is InChI=1S/C11H10ClF3N2O2/c12-6-3-10(18)17(5-6)9-4-7(1-2-8(9)16)19-11(13,14)15/h1-2,4,6H,3,5,16H2. The van der Waals surface area contributed by atoms with E-state index in [0.29, 0.717) is 0 Å². The molecule has 1 aromatic rings. The van der Waals surface area contributed by atoms with Gasteiger partial charge in [-0.15, -0.1) is 24.8 Å². The van der Waals surface area contributed by atoms with Crippen molar-refractivity contribution >= 4 is 28.9 Å². The number of benzene rings is 1. The van der Waals surface area contributed by atoms with Crippen molar-refractivity contribution in [3.8, 4) is 5.75 Å². The smallest absolute Gasteiger partial charge is 0.406 e. The first-order valence-corrected chi connectivity index (χ1v) is 5.79. The SMILES string of the molecule is Nc1ccc(OC(F)(F)F)cc1N1CC(Cl)CC1=O. The number of halogens is 4. The van der Waals surface area contributed by atoms with Gasteiger partial charge in [0.2, 0.25) is 5.91 Å². The minimum atomic E-state index is -4.79. The Labute approximate surface area is 111 Å². The summed E-state index contributed by atoms with van der Waals surface area (Å²) in [4.78, 5) is 12.9. The van der Waals surface area contributed by atoms with Gasteiger partial charge in [0.05, 0.1) is 16.8 Å². The van der Waals surface area contributed by atoms with Crippen LogP contribution in [0.4, 0.5) is 24.5 Å². The molecule has 1 amide bonds. The molecule has 4 nitrogen and oxygen atoms in total. The molecule has 0 aliphatic carbocycles. The normalized spacial score (nSPS) is 19.9. The Kier molecular flexibility index (Phi) is 3.49. The van der Waals surface area contributed by atoms with Crippen molar-refractivity contribution < 1.29 is 22.7 Å². The van der Waals surface area contributed by atoms with E-state index < -0.39 is 12.1 Å². The van der Waals surface area contributed by atoms with Gasteiger partial charge in [-0.05, 0) is 12.1 Å². The summed E-state index contributed by atoms with van der Waals surface area (Å²) in [5.74, 6) is -0.710. The van der Waals surface area contributed by atoms with Crippen LogP contribution in [0.1, 0.15) is 6.42 Å². The predicted octanol–water partition coefficient (Wildman–Crippen LogP) is 2.51. The highest BCUT2D eigenvalue weighted by Gasteiger charge is 2.33. The topological polar surface area (TPSA) is 55.6 Å². The molecule has 1 fully saturated rings. The van der Waals surface area contributed by atoms with Gasteiger partial charge in [-0.3, -0.25) is 4.79 Å². The average molecular weight is 295 g/mol. The molecule has 0 spiro atoms. The number of hydrogen-bond donors (Lipinski definition) is 1. The summed E-state index contributed by atoms with van der Waals surface area (Å²) >= 11 is 5.84. The lowest BCUT2D eigenvalue weighted by Gasteiger charge is -2.19. The Morgan fingerprint density at radius 2 is 2.11 bits per heavy atom. The molecule has 1 heterocycles. The first kappa shape index (κ1) is 13.8. The van der Waals surface area contributed by atoms with Crippen LogP contribution in [0.25, 0.3) is 0 Å². The van der Waals surface area contributed by atoms with Crippen LogP contribution in [0.3, 0.4) is 0 Å². The van der Waals surface area contributed by atoms with Gasteiger partial charge in [0.25, 0.3) is 0 Å². The Hall–Kier alpha value is -1.63. The van der Waals surface area contributed by atoms with Crippen molar-refractivity contribution in [3.63, 3.8) is 0 Å². The molecule has 104 valence electrons. The van der Waals surface area contributed by atoms with Crippen LogP contribution < -0.4 is 15.4 Å². The monoisotopic (exact) mass is 294 g/mol. The molecule has 1 saturated heterocycles. The van der Waals surface area contributed by atoms with Crippen LogP contribution in [0.15, 0.2) is 18.2 Å². The van der Waals surface area contributed by atoms with E-state index in [1.54, 1.807) is 0 Å². The summed E-state index contributed by atoms with van der Waals surface area (Å²) in [7, 11) is 0. The number of carbonyl (C=O) groups is 1. The predicted molar refractivity (Wildman–Crippen MR) is 64.1 cm³/mol. The molecule has 1 atom stereocenters. The molecule has 1 aromatic carbocycles. The zero-order valence-corrected chi connectivity index (χ0v) is 10.3. The quantitative estimate of drug-likeness (QED) is 0.673. The third kappa shape index (κ3) is 3.23. The fraction of sp³-hybridized carbons (Fsp3) is 0.364. The summed E-state index contributed by atoms with van der Waals surface area (Å²) in [5, 5.41) is -0.376. The van der Waals surface area contributed by atoms with Crippen molar-refractivity contribution in [1.82, 2.24) is 0 Å². The highest BCUT2D eigenvalue weighted by atomic mass is 35.5. The Morgan fingerprint density at radius 1 is 1.42 bits per heavy atom. The third-order valence-electron chi connectivity index (χ3n) is 2.60. The van der Waals surface area contributed by atoms with E-state index in [9.17, 15) is 18.0 Å². The Bertz CT molecular complexity index is 507. The molecule has 2 rings (SSSR count). The minimum absolute atomic E-state index is 0.130. The van der Waals surface area contributed by atoms with Crippen molar-refractivity contribution in [3.05, 3.63) is 18.2 Å². The largest absolute Gasteiger partial charge is 0.573 e. The minimum Gasteiger partial charge on any atom is -0.406 e. The van der Waals surface area contributed by atoms with Crippen LogP contribution in [0, 0.1) is 0 Å². The highest BCUT2D eigenvalue weighted by Crippen LogP contribution is 2.34. The number of hydrogen-bond acceptors (Lipinski definition) is 3. The fourth-order valence-electron chi connectivity index (χ4n) is 1.85. The lowest BCUT2D eigenvalue weighted by Crippen LogP contribution is -2.26. The summed E-state index contributed by atoms with van der Waals surface area (Å²) in [6.45, 7) is 0.208. The lowest BCUT2D eigenvalue weighted by atomic mass is 10.2. The van der Waals surface area contributed by atoms with Crippen LogP contribution in [0.2, 0.25) is 0 Å². The van der Waals surface area contributed by atoms with E-state index in [1.807, 2.05) is 0 Å². The fourth-order valence-corrected chi connectivity index (χ4v) is 2.12.